The van der Waals surface area contributed by atoms with Crippen molar-refractivity contribution in [3.8, 4) is 5.75 Å². The normalized spacial score (nSPS) is 12.4. The highest BCUT2D eigenvalue weighted by Crippen LogP contribution is 2.29. The first-order valence-electron chi connectivity index (χ1n) is 9.77. The summed E-state index contributed by atoms with van der Waals surface area (Å²) in [5.41, 5.74) is 2.30. The van der Waals surface area contributed by atoms with Crippen molar-refractivity contribution in [2.45, 2.75) is 25.6 Å². The summed E-state index contributed by atoms with van der Waals surface area (Å²) in [6.45, 7) is 2.44. The molecule has 2 N–H and O–H groups in total. The van der Waals surface area contributed by atoms with E-state index in [1.54, 1.807) is 24.3 Å². The van der Waals surface area contributed by atoms with E-state index in [1.807, 2.05) is 13.2 Å². The smallest absolute Gasteiger partial charge is 0.416 e. The van der Waals surface area contributed by atoms with Crippen molar-refractivity contribution >= 4 is 29.8 Å². The van der Waals surface area contributed by atoms with E-state index >= 15 is 0 Å². The number of thioether (sulfide) groups is 1. The van der Waals surface area contributed by atoms with E-state index in [9.17, 15) is 22.8 Å². The molecule has 0 saturated carbocycles. The largest absolute Gasteiger partial charge is 0.494 e. The minimum atomic E-state index is -4.49. The highest BCUT2D eigenvalue weighted by atomic mass is 32.2. The number of amides is 2. The lowest BCUT2D eigenvalue weighted by Crippen LogP contribution is -2.45. The molecule has 10 heteroatoms. The molecule has 1 unspecified atom stereocenters. The molecule has 0 bridgehead atoms. The van der Waals surface area contributed by atoms with Crippen LogP contribution < -0.4 is 15.5 Å². The van der Waals surface area contributed by atoms with Crippen LogP contribution >= 0.6 is 11.8 Å². The Morgan fingerprint density at radius 3 is 2.34 bits per heavy atom. The predicted octanol–water partition coefficient (Wildman–Crippen LogP) is 4.11. The van der Waals surface area contributed by atoms with E-state index in [0.717, 1.165) is 35.6 Å². The van der Waals surface area contributed by atoms with Crippen molar-refractivity contribution < 1.29 is 27.5 Å². The molecule has 0 aliphatic rings. The second-order valence-corrected chi connectivity index (χ2v) is 7.60. The summed E-state index contributed by atoms with van der Waals surface area (Å²) < 4.78 is 43.4. The van der Waals surface area contributed by atoms with Gasteiger partial charge in [0.2, 0.25) is 0 Å². The van der Waals surface area contributed by atoms with E-state index in [-0.39, 0.29) is 5.56 Å². The van der Waals surface area contributed by atoms with Gasteiger partial charge >= 0.3 is 6.18 Å². The van der Waals surface area contributed by atoms with E-state index in [0.29, 0.717) is 18.8 Å². The lowest BCUT2D eigenvalue weighted by Gasteiger charge is -2.17. The van der Waals surface area contributed by atoms with E-state index in [1.165, 1.54) is 18.0 Å². The number of hydrogen-bond donors (Lipinski definition) is 2. The Labute approximate surface area is 188 Å². The first kappa shape index (κ1) is 25.3. The zero-order chi connectivity index (χ0) is 23.6. The van der Waals surface area contributed by atoms with Crippen LogP contribution in [0.1, 0.15) is 34.8 Å². The molecule has 1 atom stereocenters. The van der Waals surface area contributed by atoms with Gasteiger partial charge in [0.15, 0.2) is 0 Å². The van der Waals surface area contributed by atoms with E-state index < -0.39 is 29.6 Å². The van der Waals surface area contributed by atoms with E-state index in [2.05, 4.69) is 15.8 Å². The molecule has 32 heavy (non-hydrogen) atoms. The zero-order valence-electron chi connectivity index (χ0n) is 17.6. The second kappa shape index (κ2) is 12.1. The first-order valence-corrected chi connectivity index (χ1v) is 11.2. The average molecular weight is 468 g/mol. The van der Waals surface area contributed by atoms with Crippen molar-refractivity contribution in [2.75, 3.05) is 18.6 Å². The van der Waals surface area contributed by atoms with Gasteiger partial charge in [-0.1, -0.05) is 0 Å². The maximum Gasteiger partial charge on any atom is 0.416 e. The number of benzene rings is 2. The number of carbonyl (C=O) groups excluding carboxylic acids is 2. The highest BCUT2D eigenvalue weighted by molar-refractivity contribution is 7.98. The van der Waals surface area contributed by atoms with Crippen LogP contribution in [0.2, 0.25) is 0 Å². The zero-order valence-corrected chi connectivity index (χ0v) is 18.4. The van der Waals surface area contributed by atoms with Gasteiger partial charge in [0.05, 0.1) is 18.4 Å². The minimum Gasteiger partial charge on any atom is -0.494 e. The number of nitrogens with zero attached hydrogens (tertiary/aromatic N) is 1. The van der Waals surface area contributed by atoms with Crippen LogP contribution in [0.4, 0.5) is 13.2 Å². The summed E-state index contributed by atoms with van der Waals surface area (Å²) in [4.78, 5) is 24.9. The molecule has 2 aromatic carbocycles. The van der Waals surface area contributed by atoms with Crippen LogP contribution in [0, 0.1) is 0 Å². The van der Waals surface area contributed by atoms with Gasteiger partial charge in [-0.3, -0.25) is 9.59 Å². The number of hydrazone groups is 1. The first-order chi connectivity index (χ1) is 15.2. The van der Waals surface area contributed by atoms with Gasteiger partial charge in [-0.2, -0.15) is 30.0 Å². The fourth-order valence-corrected chi connectivity index (χ4v) is 3.09. The van der Waals surface area contributed by atoms with Gasteiger partial charge in [-0.15, -0.1) is 0 Å². The van der Waals surface area contributed by atoms with Gasteiger partial charge in [0.25, 0.3) is 11.8 Å². The summed E-state index contributed by atoms with van der Waals surface area (Å²) >= 11 is 1.49. The van der Waals surface area contributed by atoms with Crippen molar-refractivity contribution in [3.05, 3.63) is 65.2 Å². The molecule has 0 fully saturated rings. The van der Waals surface area contributed by atoms with Gasteiger partial charge in [0, 0.05) is 5.56 Å². The Kier molecular flexibility index (Phi) is 9.58. The molecule has 2 rings (SSSR count). The molecule has 0 aliphatic carbocycles. The number of nitrogens with one attached hydrogen (secondary N) is 2. The van der Waals surface area contributed by atoms with Crippen LogP contribution in [-0.2, 0) is 11.0 Å². The SMILES string of the molecule is CCOc1ccc(C=NNC(=O)C(CCSC)NC(=O)c2ccc(C(F)(F)F)cc2)cc1. The Balaban J connectivity index is 2.00. The second-order valence-electron chi connectivity index (χ2n) is 6.62. The fourth-order valence-electron chi connectivity index (χ4n) is 2.62. The van der Waals surface area contributed by atoms with Crippen molar-refractivity contribution in [1.82, 2.24) is 10.7 Å². The number of ether oxygens (including phenoxy) is 1. The van der Waals surface area contributed by atoms with Crippen LogP contribution in [0.5, 0.6) is 5.75 Å². The summed E-state index contributed by atoms with van der Waals surface area (Å²) in [7, 11) is 0. The molecule has 0 aromatic heterocycles. The van der Waals surface area contributed by atoms with Crippen molar-refractivity contribution in [2.24, 2.45) is 5.10 Å². The van der Waals surface area contributed by atoms with Gasteiger partial charge in [-0.25, -0.2) is 5.43 Å². The third-order valence-electron chi connectivity index (χ3n) is 4.29. The third kappa shape index (κ3) is 7.92. The third-order valence-corrected chi connectivity index (χ3v) is 4.93. The fraction of sp³-hybridized carbons (Fsp3) is 0.318. The molecule has 0 aliphatic heterocycles. The summed E-state index contributed by atoms with van der Waals surface area (Å²) in [6, 6.07) is 10.0. The summed E-state index contributed by atoms with van der Waals surface area (Å²) in [5, 5.41) is 6.48. The quantitative estimate of drug-likeness (QED) is 0.407. The maximum absolute atomic E-state index is 12.7. The van der Waals surface area contributed by atoms with Crippen molar-refractivity contribution in [1.29, 1.82) is 0 Å². The van der Waals surface area contributed by atoms with Crippen LogP contribution in [-0.4, -0.2) is 42.7 Å². The lowest BCUT2D eigenvalue weighted by molar-refractivity contribution is -0.137. The molecule has 0 spiro atoms. The summed E-state index contributed by atoms with van der Waals surface area (Å²) in [6.07, 6.45) is -0.845. The molecule has 0 heterocycles. The Morgan fingerprint density at radius 2 is 1.78 bits per heavy atom. The number of carbonyl (C=O) groups is 2. The molecule has 172 valence electrons. The highest BCUT2D eigenvalue weighted by Gasteiger charge is 2.30. The standard InChI is InChI=1S/C22H24F3N3O3S/c1-3-31-18-10-4-15(5-11-18)14-26-28-21(30)19(12-13-32-2)27-20(29)16-6-8-17(9-7-16)22(23,24)25/h4-11,14,19H,3,12-13H2,1-2H3,(H,27,29)(H,28,30). The maximum atomic E-state index is 12.7. The van der Waals surface area contributed by atoms with Gasteiger partial charge in [0.1, 0.15) is 11.8 Å². The van der Waals surface area contributed by atoms with E-state index in [4.69, 9.17) is 4.74 Å². The Hall–Kier alpha value is -3.01. The molecular weight excluding hydrogens is 443 g/mol. The van der Waals surface area contributed by atoms with Crippen LogP contribution in [0.25, 0.3) is 0 Å². The van der Waals surface area contributed by atoms with Crippen LogP contribution in [0.3, 0.4) is 0 Å². The molecule has 0 saturated heterocycles. The predicted molar refractivity (Wildman–Crippen MR) is 119 cm³/mol. The monoisotopic (exact) mass is 467 g/mol. The van der Waals surface area contributed by atoms with Crippen molar-refractivity contribution in [3.63, 3.8) is 0 Å². The minimum absolute atomic E-state index is 0.0258. The summed E-state index contributed by atoms with van der Waals surface area (Å²) in [5.74, 6) is 0.141. The molecule has 2 aromatic rings. The number of rotatable bonds is 10. The number of hydrogen-bond acceptors (Lipinski definition) is 5. The molecule has 2 amide bonds. The Morgan fingerprint density at radius 1 is 1.12 bits per heavy atom. The number of alkyl halides is 3. The molecule has 0 radical (unpaired) electrons. The van der Waals surface area contributed by atoms with Gasteiger partial charge < -0.3 is 10.1 Å². The lowest BCUT2D eigenvalue weighted by atomic mass is 10.1. The number of halogens is 3. The molecule has 6 nitrogen and oxygen atoms in total. The Bertz CT molecular complexity index is 917. The van der Waals surface area contributed by atoms with Gasteiger partial charge in [-0.05, 0) is 79.4 Å². The topological polar surface area (TPSA) is 79.8 Å². The average Bonchev–Trinajstić information content (AvgIpc) is 2.77. The van der Waals surface area contributed by atoms with Crippen LogP contribution in [0.15, 0.2) is 53.6 Å². The molecular formula is C22H24F3N3O3S.